The third-order valence-corrected chi connectivity index (χ3v) is 2.78. The monoisotopic (exact) mass is 236 g/mol. The Morgan fingerprint density at radius 1 is 1.33 bits per heavy atom. The Kier molecular flexibility index (Phi) is 3.90. The van der Waals surface area contributed by atoms with E-state index in [0.29, 0.717) is 5.75 Å². The first-order valence-electron chi connectivity index (χ1n) is 4.42. The molecule has 0 unspecified atom stereocenters. The van der Waals surface area contributed by atoms with Crippen molar-refractivity contribution in [2.24, 2.45) is 0 Å². The number of halogens is 3. The van der Waals surface area contributed by atoms with Gasteiger partial charge in [0.05, 0.1) is 5.56 Å². The van der Waals surface area contributed by atoms with Crippen molar-refractivity contribution >= 4 is 11.8 Å². The van der Waals surface area contributed by atoms with Crippen LogP contribution in [0.1, 0.15) is 18.1 Å². The lowest BCUT2D eigenvalue weighted by Gasteiger charge is -2.12. The van der Waals surface area contributed by atoms with Gasteiger partial charge < -0.3 is 5.11 Å². The maximum atomic E-state index is 12.5. The van der Waals surface area contributed by atoms with Gasteiger partial charge in [-0.2, -0.15) is 24.9 Å². The molecule has 1 nitrogen and oxygen atoms in total. The predicted octanol–water partition coefficient (Wildman–Crippen LogP) is 3.66. The number of phenols is 1. The summed E-state index contributed by atoms with van der Waals surface area (Å²) in [5.41, 5.74) is -0.532. The first-order chi connectivity index (χ1) is 6.95. The van der Waals surface area contributed by atoms with Gasteiger partial charge >= 0.3 is 6.18 Å². The Morgan fingerprint density at radius 2 is 2.00 bits per heavy atom. The summed E-state index contributed by atoms with van der Waals surface area (Å²) in [6.07, 6.45) is -4.40. The fraction of sp³-hybridized carbons (Fsp3) is 0.400. The van der Waals surface area contributed by atoms with E-state index in [1.807, 2.05) is 6.92 Å². The van der Waals surface area contributed by atoms with Crippen LogP contribution in [-0.4, -0.2) is 10.9 Å². The van der Waals surface area contributed by atoms with Crippen molar-refractivity contribution in [1.82, 2.24) is 0 Å². The van der Waals surface area contributed by atoms with Crippen molar-refractivity contribution in [3.63, 3.8) is 0 Å². The second-order valence-corrected chi connectivity index (χ2v) is 4.25. The normalized spacial score (nSPS) is 11.7. The number of hydrogen-bond donors (Lipinski definition) is 1. The van der Waals surface area contributed by atoms with E-state index in [-0.39, 0.29) is 11.3 Å². The summed E-state index contributed by atoms with van der Waals surface area (Å²) in [6.45, 7) is 1.89. The summed E-state index contributed by atoms with van der Waals surface area (Å²) < 4.78 is 37.6. The summed E-state index contributed by atoms with van der Waals surface area (Å²) in [7, 11) is 0. The molecular weight excluding hydrogens is 225 g/mol. The number of benzene rings is 1. The number of alkyl halides is 3. The van der Waals surface area contributed by atoms with Gasteiger partial charge in [-0.1, -0.05) is 13.0 Å². The zero-order valence-corrected chi connectivity index (χ0v) is 8.95. The summed E-state index contributed by atoms with van der Waals surface area (Å²) in [4.78, 5) is 0. The van der Waals surface area contributed by atoms with Crippen LogP contribution in [0.5, 0.6) is 5.75 Å². The van der Waals surface area contributed by atoms with Crippen molar-refractivity contribution in [1.29, 1.82) is 0 Å². The van der Waals surface area contributed by atoms with Crippen LogP contribution in [0.15, 0.2) is 18.2 Å². The molecule has 0 aliphatic heterocycles. The Morgan fingerprint density at radius 3 is 2.53 bits per heavy atom. The molecule has 0 bridgehead atoms. The molecule has 0 saturated carbocycles. The van der Waals surface area contributed by atoms with E-state index >= 15 is 0 Å². The highest BCUT2D eigenvalue weighted by Gasteiger charge is 2.33. The quantitative estimate of drug-likeness (QED) is 0.864. The number of thioether (sulfide) groups is 1. The molecule has 0 atom stereocenters. The Bertz CT molecular complexity index is 336. The van der Waals surface area contributed by atoms with Crippen molar-refractivity contribution in [2.45, 2.75) is 18.9 Å². The van der Waals surface area contributed by atoms with E-state index in [1.54, 1.807) is 0 Å². The molecule has 5 heteroatoms. The van der Waals surface area contributed by atoms with Crippen LogP contribution in [0.2, 0.25) is 0 Å². The van der Waals surface area contributed by atoms with Gasteiger partial charge in [-0.25, -0.2) is 0 Å². The third-order valence-electron chi connectivity index (χ3n) is 1.86. The van der Waals surface area contributed by atoms with Crippen LogP contribution in [0.25, 0.3) is 0 Å². The average Bonchev–Trinajstić information content (AvgIpc) is 2.14. The topological polar surface area (TPSA) is 20.2 Å². The molecule has 84 valence electrons. The second-order valence-electron chi connectivity index (χ2n) is 2.98. The molecule has 0 radical (unpaired) electrons. The van der Waals surface area contributed by atoms with Crippen LogP contribution in [0, 0.1) is 0 Å². The first-order valence-corrected chi connectivity index (χ1v) is 5.57. The third kappa shape index (κ3) is 3.34. The molecule has 1 rings (SSSR count). The zero-order chi connectivity index (χ0) is 11.5. The van der Waals surface area contributed by atoms with Gasteiger partial charge in [0.2, 0.25) is 0 Å². The Hall–Kier alpha value is -0.840. The van der Waals surface area contributed by atoms with E-state index in [2.05, 4.69) is 0 Å². The van der Waals surface area contributed by atoms with Crippen LogP contribution in [0.3, 0.4) is 0 Å². The maximum Gasteiger partial charge on any atom is 0.416 e. The fourth-order valence-corrected chi connectivity index (χ4v) is 1.84. The zero-order valence-electron chi connectivity index (χ0n) is 8.14. The molecule has 0 amide bonds. The molecule has 1 aromatic carbocycles. The van der Waals surface area contributed by atoms with Crippen molar-refractivity contribution in [3.05, 3.63) is 29.3 Å². The van der Waals surface area contributed by atoms with Crippen LogP contribution in [-0.2, 0) is 11.9 Å². The standard InChI is InChI=1S/C10H11F3OS/c1-2-15-6-7-3-4-8(14)5-9(7)10(11,12)13/h3-5,14H,2,6H2,1H3. The molecule has 0 fully saturated rings. The van der Waals surface area contributed by atoms with Crippen LogP contribution >= 0.6 is 11.8 Å². The minimum atomic E-state index is -4.40. The summed E-state index contributed by atoms with van der Waals surface area (Å²) in [6, 6.07) is 3.37. The highest BCUT2D eigenvalue weighted by molar-refractivity contribution is 7.98. The first kappa shape index (κ1) is 12.2. The summed E-state index contributed by atoms with van der Waals surface area (Å²) in [5.74, 6) is 0.719. The number of hydrogen-bond acceptors (Lipinski definition) is 2. The molecular formula is C10H11F3OS. The lowest BCUT2D eigenvalue weighted by molar-refractivity contribution is -0.138. The summed E-state index contributed by atoms with van der Waals surface area (Å²) in [5, 5.41) is 9.02. The average molecular weight is 236 g/mol. The lowest BCUT2D eigenvalue weighted by atomic mass is 10.1. The summed E-state index contributed by atoms with van der Waals surface area (Å²) >= 11 is 1.42. The Balaban J connectivity index is 3.04. The SMILES string of the molecule is CCSCc1ccc(O)cc1C(F)(F)F. The molecule has 1 N–H and O–H groups in total. The minimum Gasteiger partial charge on any atom is -0.508 e. The Labute approximate surface area is 90.3 Å². The van der Waals surface area contributed by atoms with Gasteiger partial charge in [0.15, 0.2) is 0 Å². The number of phenolic OH excluding ortho intramolecular Hbond substituents is 1. The van der Waals surface area contributed by atoms with Gasteiger partial charge in [-0.15, -0.1) is 0 Å². The molecule has 0 aliphatic carbocycles. The highest BCUT2D eigenvalue weighted by atomic mass is 32.2. The van der Waals surface area contributed by atoms with Crippen LogP contribution < -0.4 is 0 Å². The molecule has 1 aromatic rings. The molecule has 0 heterocycles. The largest absolute Gasteiger partial charge is 0.508 e. The second kappa shape index (κ2) is 4.79. The van der Waals surface area contributed by atoms with E-state index in [4.69, 9.17) is 5.11 Å². The highest BCUT2D eigenvalue weighted by Crippen LogP contribution is 2.35. The molecule has 0 aromatic heterocycles. The van der Waals surface area contributed by atoms with E-state index < -0.39 is 11.7 Å². The van der Waals surface area contributed by atoms with Gasteiger partial charge in [0.1, 0.15) is 5.75 Å². The maximum absolute atomic E-state index is 12.5. The molecule has 0 aliphatic rings. The fourth-order valence-electron chi connectivity index (χ4n) is 1.17. The van der Waals surface area contributed by atoms with Gasteiger partial charge in [0.25, 0.3) is 0 Å². The van der Waals surface area contributed by atoms with Crippen LogP contribution in [0.4, 0.5) is 13.2 Å². The van der Waals surface area contributed by atoms with Crippen molar-refractivity contribution < 1.29 is 18.3 Å². The number of aromatic hydroxyl groups is 1. The number of rotatable bonds is 3. The van der Waals surface area contributed by atoms with E-state index in [9.17, 15) is 13.2 Å². The molecule has 15 heavy (non-hydrogen) atoms. The van der Waals surface area contributed by atoms with Gasteiger partial charge in [0, 0.05) is 5.75 Å². The molecule has 0 saturated heterocycles. The predicted molar refractivity (Wildman–Crippen MR) is 54.9 cm³/mol. The van der Waals surface area contributed by atoms with Crippen molar-refractivity contribution in [2.75, 3.05) is 5.75 Å². The molecule has 0 spiro atoms. The van der Waals surface area contributed by atoms with Crippen molar-refractivity contribution in [3.8, 4) is 5.75 Å². The lowest BCUT2D eigenvalue weighted by Crippen LogP contribution is -2.08. The van der Waals surface area contributed by atoms with E-state index in [0.717, 1.165) is 11.8 Å². The minimum absolute atomic E-state index is 0.215. The van der Waals surface area contributed by atoms with E-state index in [1.165, 1.54) is 23.9 Å². The smallest absolute Gasteiger partial charge is 0.416 e. The van der Waals surface area contributed by atoms with Gasteiger partial charge in [-0.3, -0.25) is 0 Å². The van der Waals surface area contributed by atoms with Gasteiger partial charge in [-0.05, 0) is 23.4 Å².